The maximum Gasteiger partial charge on any atom is 0.251 e. The van der Waals surface area contributed by atoms with Gasteiger partial charge in [0.05, 0.1) is 7.11 Å². The van der Waals surface area contributed by atoms with Crippen molar-refractivity contribution in [2.45, 2.75) is 37.8 Å². The van der Waals surface area contributed by atoms with Crippen LogP contribution in [0.4, 0.5) is 0 Å². The number of amides is 1. The number of rotatable bonds is 3. The van der Waals surface area contributed by atoms with E-state index in [-0.39, 0.29) is 17.7 Å². The minimum absolute atomic E-state index is 0.00383. The number of benzene rings is 1. The molecule has 1 aromatic rings. The summed E-state index contributed by atoms with van der Waals surface area (Å²) in [5, 5.41) is 12.9. The van der Waals surface area contributed by atoms with Gasteiger partial charge in [-0.25, -0.2) is 0 Å². The molecule has 1 amide bonds. The van der Waals surface area contributed by atoms with E-state index >= 15 is 0 Å². The fraction of sp³-hybridized carbons (Fsp3) is 0.562. The number of phenols is 1. The second kappa shape index (κ2) is 5.93. The van der Waals surface area contributed by atoms with Crippen LogP contribution in [0, 0.1) is 0 Å². The van der Waals surface area contributed by atoms with Gasteiger partial charge in [-0.05, 0) is 44.0 Å². The Kier molecular flexibility index (Phi) is 4.01. The van der Waals surface area contributed by atoms with E-state index in [2.05, 4.69) is 10.2 Å². The molecule has 2 saturated heterocycles. The molecule has 5 nitrogen and oxygen atoms in total. The van der Waals surface area contributed by atoms with Gasteiger partial charge in [-0.1, -0.05) is 6.42 Å². The third kappa shape index (κ3) is 2.83. The Morgan fingerprint density at radius 1 is 1.33 bits per heavy atom. The molecule has 0 spiro atoms. The zero-order chi connectivity index (χ0) is 14.8. The van der Waals surface area contributed by atoms with Crippen molar-refractivity contribution in [2.24, 2.45) is 0 Å². The Morgan fingerprint density at radius 3 is 2.95 bits per heavy atom. The molecule has 2 heterocycles. The van der Waals surface area contributed by atoms with E-state index in [9.17, 15) is 9.90 Å². The minimum Gasteiger partial charge on any atom is -0.504 e. The lowest BCUT2D eigenvalue weighted by atomic mass is 9.99. The van der Waals surface area contributed by atoms with Gasteiger partial charge in [0, 0.05) is 24.2 Å². The Hall–Kier alpha value is -1.75. The molecular formula is C16H22N2O3. The highest BCUT2D eigenvalue weighted by molar-refractivity contribution is 5.95. The number of hydrogen-bond donors (Lipinski definition) is 2. The number of carbonyl (C=O) groups excluding carboxylic acids is 1. The van der Waals surface area contributed by atoms with Crippen molar-refractivity contribution in [2.75, 3.05) is 20.2 Å². The number of piperidine rings is 1. The van der Waals surface area contributed by atoms with Gasteiger partial charge in [0.25, 0.3) is 5.91 Å². The molecule has 2 N–H and O–H groups in total. The van der Waals surface area contributed by atoms with Crippen LogP contribution in [0.5, 0.6) is 11.5 Å². The number of hydrogen-bond acceptors (Lipinski definition) is 4. The van der Waals surface area contributed by atoms with Crippen molar-refractivity contribution in [3.05, 3.63) is 23.8 Å². The van der Waals surface area contributed by atoms with Gasteiger partial charge in [0.1, 0.15) is 0 Å². The molecule has 2 fully saturated rings. The van der Waals surface area contributed by atoms with E-state index in [1.54, 1.807) is 12.1 Å². The maximum atomic E-state index is 12.3. The fourth-order valence-electron chi connectivity index (χ4n) is 3.50. The predicted octanol–water partition coefficient (Wildman–Crippen LogP) is 1.76. The van der Waals surface area contributed by atoms with Gasteiger partial charge in [-0.15, -0.1) is 0 Å². The number of phenolic OH excluding ortho intramolecular Hbond substituents is 1. The van der Waals surface area contributed by atoms with E-state index in [4.69, 9.17) is 4.74 Å². The quantitative estimate of drug-likeness (QED) is 0.890. The van der Waals surface area contributed by atoms with Crippen LogP contribution in [0.2, 0.25) is 0 Å². The highest BCUT2D eigenvalue weighted by atomic mass is 16.5. The predicted molar refractivity (Wildman–Crippen MR) is 79.7 cm³/mol. The number of fused-ring (bicyclic) bond motifs is 1. The summed E-state index contributed by atoms with van der Waals surface area (Å²) >= 11 is 0. The lowest BCUT2D eigenvalue weighted by Gasteiger charge is -2.32. The third-order valence-electron chi connectivity index (χ3n) is 4.61. The summed E-state index contributed by atoms with van der Waals surface area (Å²) in [6, 6.07) is 5.46. The van der Waals surface area contributed by atoms with Crippen LogP contribution < -0.4 is 10.1 Å². The molecule has 0 bridgehead atoms. The highest BCUT2D eigenvalue weighted by Gasteiger charge is 2.36. The van der Waals surface area contributed by atoms with Crippen LogP contribution in [0.1, 0.15) is 36.0 Å². The van der Waals surface area contributed by atoms with Crippen molar-refractivity contribution >= 4 is 5.91 Å². The molecule has 114 valence electrons. The van der Waals surface area contributed by atoms with Crippen LogP contribution in [-0.4, -0.2) is 48.2 Å². The van der Waals surface area contributed by atoms with Gasteiger partial charge in [-0.3, -0.25) is 9.69 Å². The van der Waals surface area contributed by atoms with Crippen molar-refractivity contribution in [3.63, 3.8) is 0 Å². The first-order chi connectivity index (χ1) is 10.2. The molecule has 2 unspecified atom stereocenters. The molecular weight excluding hydrogens is 268 g/mol. The Balaban J connectivity index is 1.67. The molecule has 21 heavy (non-hydrogen) atoms. The highest BCUT2D eigenvalue weighted by Crippen LogP contribution is 2.29. The number of ether oxygens (including phenoxy) is 1. The minimum atomic E-state index is -0.120. The van der Waals surface area contributed by atoms with Crippen LogP contribution >= 0.6 is 0 Å². The average Bonchev–Trinajstić information content (AvgIpc) is 2.90. The molecule has 2 aliphatic heterocycles. The van der Waals surface area contributed by atoms with Gasteiger partial charge in [0.15, 0.2) is 11.5 Å². The Morgan fingerprint density at radius 2 is 2.19 bits per heavy atom. The lowest BCUT2D eigenvalue weighted by Crippen LogP contribution is -2.46. The van der Waals surface area contributed by atoms with Gasteiger partial charge < -0.3 is 15.2 Å². The third-order valence-corrected chi connectivity index (χ3v) is 4.61. The zero-order valence-corrected chi connectivity index (χ0v) is 12.3. The second-order valence-corrected chi connectivity index (χ2v) is 5.85. The van der Waals surface area contributed by atoms with Crippen molar-refractivity contribution < 1.29 is 14.6 Å². The van der Waals surface area contributed by atoms with Crippen molar-refractivity contribution in [1.82, 2.24) is 10.2 Å². The number of nitrogens with one attached hydrogen (secondary N) is 1. The van der Waals surface area contributed by atoms with E-state index in [0.29, 0.717) is 17.4 Å². The van der Waals surface area contributed by atoms with Gasteiger partial charge in [0.2, 0.25) is 0 Å². The first-order valence-corrected chi connectivity index (χ1v) is 7.61. The molecule has 2 aliphatic rings. The first-order valence-electron chi connectivity index (χ1n) is 7.61. The van der Waals surface area contributed by atoms with E-state index < -0.39 is 0 Å². The van der Waals surface area contributed by atoms with Gasteiger partial charge in [-0.2, -0.15) is 0 Å². The second-order valence-electron chi connectivity index (χ2n) is 5.85. The number of methoxy groups -OCH3 is 1. The molecule has 1 aromatic carbocycles. The fourth-order valence-corrected chi connectivity index (χ4v) is 3.50. The smallest absolute Gasteiger partial charge is 0.251 e. The molecule has 5 heteroatoms. The summed E-state index contributed by atoms with van der Waals surface area (Å²) in [5.74, 6) is 0.257. The monoisotopic (exact) mass is 290 g/mol. The summed E-state index contributed by atoms with van der Waals surface area (Å²) in [6.45, 7) is 2.23. The van der Waals surface area contributed by atoms with E-state index in [0.717, 1.165) is 19.5 Å². The molecule has 0 saturated carbocycles. The molecule has 0 radical (unpaired) electrons. The van der Waals surface area contributed by atoms with Gasteiger partial charge >= 0.3 is 0 Å². The first kappa shape index (κ1) is 14.2. The number of nitrogens with zero attached hydrogens (tertiary/aromatic N) is 1. The van der Waals surface area contributed by atoms with Crippen LogP contribution in [0.25, 0.3) is 0 Å². The zero-order valence-electron chi connectivity index (χ0n) is 12.3. The van der Waals surface area contributed by atoms with E-state index in [1.165, 1.54) is 32.4 Å². The van der Waals surface area contributed by atoms with Crippen LogP contribution in [-0.2, 0) is 0 Å². The molecule has 0 aromatic heterocycles. The van der Waals surface area contributed by atoms with Crippen molar-refractivity contribution in [3.8, 4) is 11.5 Å². The standard InChI is InChI=1S/C16H22N2O3/c1-21-15-6-5-11(10-14(15)19)16(20)17-12-7-9-18-8-3-2-4-13(12)18/h5-6,10,12-13,19H,2-4,7-9H2,1H3,(H,17,20). The SMILES string of the molecule is COc1ccc(C(=O)NC2CCN3CCCCC23)cc1O. The van der Waals surface area contributed by atoms with Crippen molar-refractivity contribution in [1.29, 1.82) is 0 Å². The average molecular weight is 290 g/mol. The number of carbonyl (C=O) groups is 1. The largest absolute Gasteiger partial charge is 0.504 e. The Bertz CT molecular complexity index is 532. The summed E-state index contributed by atoms with van der Waals surface area (Å²) in [5.41, 5.74) is 0.475. The summed E-state index contributed by atoms with van der Waals surface area (Å²) < 4.78 is 5.00. The normalized spacial score (nSPS) is 25.4. The Labute approximate surface area is 124 Å². The lowest BCUT2D eigenvalue weighted by molar-refractivity contribution is 0.0915. The maximum absolute atomic E-state index is 12.3. The number of aromatic hydroxyl groups is 1. The molecule has 3 rings (SSSR count). The summed E-state index contributed by atoms with van der Waals surface area (Å²) in [4.78, 5) is 14.8. The summed E-state index contributed by atoms with van der Waals surface area (Å²) in [7, 11) is 1.49. The van der Waals surface area contributed by atoms with Crippen LogP contribution in [0.15, 0.2) is 18.2 Å². The topological polar surface area (TPSA) is 61.8 Å². The molecule has 2 atom stereocenters. The van der Waals surface area contributed by atoms with Crippen LogP contribution in [0.3, 0.4) is 0 Å². The summed E-state index contributed by atoms with van der Waals surface area (Å²) in [6.07, 6.45) is 4.69. The molecule has 0 aliphatic carbocycles. The van der Waals surface area contributed by atoms with E-state index in [1.807, 2.05) is 0 Å².